The largest absolute Gasteiger partial charge is 0.493 e. The highest BCUT2D eigenvalue weighted by molar-refractivity contribution is 7.07. The molecule has 0 fully saturated rings. The number of allylic oxidation sites excluding steroid dienone is 1. The van der Waals surface area contributed by atoms with Crippen LogP contribution >= 0.6 is 11.3 Å². The number of benzene rings is 2. The minimum Gasteiger partial charge on any atom is -0.493 e. The van der Waals surface area contributed by atoms with Crippen molar-refractivity contribution in [2.75, 3.05) is 27.9 Å². The van der Waals surface area contributed by atoms with Gasteiger partial charge < -0.3 is 18.9 Å². The molecular formula is C28H26N2O7S. The summed E-state index contributed by atoms with van der Waals surface area (Å²) in [6.07, 6.45) is 3.17. The minimum atomic E-state index is -0.829. The number of hydrogen-bond donors (Lipinski definition) is 0. The van der Waals surface area contributed by atoms with Gasteiger partial charge in [0.15, 0.2) is 16.3 Å². The Balaban J connectivity index is 1.93. The van der Waals surface area contributed by atoms with Crippen molar-refractivity contribution in [1.29, 1.82) is 0 Å². The zero-order valence-corrected chi connectivity index (χ0v) is 22.2. The predicted molar refractivity (Wildman–Crippen MR) is 142 cm³/mol. The van der Waals surface area contributed by atoms with E-state index >= 15 is 0 Å². The van der Waals surface area contributed by atoms with E-state index in [2.05, 4.69) is 11.6 Å². The zero-order valence-electron chi connectivity index (χ0n) is 21.3. The summed E-state index contributed by atoms with van der Waals surface area (Å²) in [6.45, 7) is 5.29. The lowest BCUT2D eigenvalue weighted by atomic mass is 9.95. The van der Waals surface area contributed by atoms with E-state index in [1.165, 1.54) is 43.3 Å². The molecule has 4 rings (SSSR count). The van der Waals surface area contributed by atoms with Gasteiger partial charge in [-0.2, -0.15) is 0 Å². The van der Waals surface area contributed by atoms with E-state index < -0.39 is 18.0 Å². The molecule has 1 aliphatic rings. The Morgan fingerprint density at radius 1 is 1.08 bits per heavy atom. The lowest BCUT2D eigenvalue weighted by molar-refractivity contribution is -0.138. The van der Waals surface area contributed by atoms with Crippen LogP contribution in [0.15, 0.2) is 76.2 Å². The van der Waals surface area contributed by atoms with Crippen molar-refractivity contribution in [3.05, 3.63) is 103 Å². The van der Waals surface area contributed by atoms with Crippen LogP contribution in [-0.2, 0) is 14.3 Å². The molecule has 2 heterocycles. The minimum absolute atomic E-state index is 0.00364. The Labute approximate surface area is 222 Å². The number of hydrogen-bond acceptors (Lipinski definition) is 9. The van der Waals surface area contributed by atoms with Gasteiger partial charge in [0.05, 0.1) is 48.7 Å². The average molecular weight is 535 g/mol. The smallest absolute Gasteiger partial charge is 0.338 e. The summed E-state index contributed by atoms with van der Waals surface area (Å²) in [4.78, 5) is 43.9. The first-order chi connectivity index (χ1) is 18.3. The zero-order chi connectivity index (χ0) is 27.4. The maximum atomic E-state index is 13.8. The number of ether oxygens (including phenoxy) is 4. The summed E-state index contributed by atoms with van der Waals surface area (Å²) < 4.78 is 22.9. The van der Waals surface area contributed by atoms with E-state index in [9.17, 15) is 14.4 Å². The monoisotopic (exact) mass is 534 g/mol. The van der Waals surface area contributed by atoms with Gasteiger partial charge >= 0.3 is 11.9 Å². The van der Waals surface area contributed by atoms with E-state index in [-0.39, 0.29) is 17.7 Å². The molecule has 1 aromatic heterocycles. The van der Waals surface area contributed by atoms with Gasteiger partial charge in [-0.3, -0.25) is 9.36 Å². The molecule has 0 spiro atoms. The molecule has 0 saturated carbocycles. The predicted octanol–water partition coefficient (Wildman–Crippen LogP) is 2.77. The summed E-state index contributed by atoms with van der Waals surface area (Å²) in [5.74, 6) is -0.0941. The van der Waals surface area contributed by atoms with Gasteiger partial charge in [0.25, 0.3) is 5.56 Å². The second-order valence-electron chi connectivity index (χ2n) is 8.17. The fourth-order valence-electron chi connectivity index (χ4n) is 4.20. The Hall–Kier alpha value is -4.44. The topological polar surface area (TPSA) is 105 Å². The van der Waals surface area contributed by atoms with E-state index in [1.807, 2.05) is 6.07 Å². The number of esters is 2. The molecule has 3 aromatic rings. The van der Waals surface area contributed by atoms with Crippen molar-refractivity contribution in [3.63, 3.8) is 0 Å². The molecule has 0 radical (unpaired) electrons. The molecule has 0 bridgehead atoms. The number of nitrogens with zero attached hydrogens (tertiary/aromatic N) is 2. The Morgan fingerprint density at radius 3 is 2.45 bits per heavy atom. The number of para-hydroxylation sites is 1. The third kappa shape index (κ3) is 4.90. The molecule has 38 heavy (non-hydrogen) atoms. The summed E-state index contributed by atoms with van der Waals surface area (Å²) in [7, 11) is 4.36. The normalized spacial score (nSPS) is 14.8. The van der Waals surface area contributed by atoms with Crippen LogP contribution < -0.4 is 24.4 Å². The number of thiazole rings is 1. The van der Waals surface area contributed by atoms with Gasteiger partial charge in [0, 0.05) is 5.56 Å². The highest BCUT2D eigenvalue weighted by Gasteiger charge is 2.33. The van der Waals surface area contributed by atoms with E-state index in [1.54, 1.807) is 49.4 Å². The van der Waals surface area contributed by atoms with Crippen LogP contribution in [0, 0.1) is 0 Å². The van der Waals surface area contributed by atoms with Crippen LogP contribution in [0.2, 0.25) is 0 Å². The van der Waals surface area contributed by atoms with Crippen molar-refractivity contribution < 1.29 is 28.5 Å². The number of methoxy groups -OCH3 is 3. The molecule has 0 aliphatic carbocycles. The van der Waals surface area contributed by atoms with Crippen LogP contribution in [0.1, 0.15) is 34.5 Å². The molecule has 196 valence electrons. The molecule has 1 unspecified atom stereocenters. The summed E-state index contributed by atoms with van der Waals surface area (Å²) >= 11 is 1.19. The first-order valence-electron chi connectivity index (χ1n) is 11.5. The fraction of sp³-hybridized carbons (Fsp3) is 0.214. The number of aromatic nitrogens is 1. The van der Waals surface area contributed by atoms with E-state index in [4.69, 9.17) is 18.9 Å². The number of carbonyl (C=O) groups is 2. The molecular weight excluding hydrogens is 508 g/mol. The van der Waals surface area contributed by atoms with Crippen molar-refractivity contribution in [2.45, 2.75) is 13.0 Å². The Kier molecular flexibility index (Phi) is 7.92. The van der Waals surface area contributed by atoms with Crippen LogP contribution in [0.25, 0.3) is 6.08 Å². The van der Waals surface area contributed by atoms with Crippen molar-refractivity contribution in [3.8, 4) is 11.5 Å². The molecule has 2 aromatic carbocycles. The van der Waals surface area contributed by atoms with Gasteiger partial charge in [-0.05, 0) is 36.8 Å². The maximum Gasteiger partial charge on any atom is 0.338 e. The third-order valence-corrected chi connectivity index (χ3v) is 6.92. The fourth-order valence-corrected chi connectivity index (χ4v) is 5.23. The third-order valence-electron chi connectivity index (χ3n) is 5.94. The van der Waals surface area contributed by atoms with Crippen LogP contribution in [0.3, 0.4) is 0 Å². The van der Waals surface area contributed by atoms with E-state index in [0.29, 0.717) is 43.2 Å². The van der Waals surface area contributed by atoms with Crippen molar-refractivity contribution in [1.82, 2.24) is 4.57 Å². The van der Waals surface area contributed by atoms with Gasteiger partial charge in [0.2, 0.25) is 0 Å². The SMILES string of the molecule is C=CCOC(=O)C1=C(C)N=c2sc(=Cc3cccc(OC)c3OC)c(=O)n2C1c1ccc(C(=O)OC)cc1. The van der Waals surface area contributed by atoms with Crippen molar-refractivity contribution in [2.24, 2.45) is 4.99 Å². The molecule has 10 heteroatoms. The molecule has 1 aliphatic heterocycles. The van der Waals surface area contributed by atoms with Gasteiger partial charge in [-0.15, -0.1) is 0 Å². The lowest BCUT2D eigenvalue weighted by Crippen LogP contribution is -2.40. The second-order valence-corrected chi connectivity index (χ2v) is 9.17. The number of carbonyl (C=O) groups excluding carboxylic acids is 2. The Bertz CT molecular complexity index is 1610. The number of rotatable bonds is 8. The summed E-state index contributed by atoms with van der Waals surface area (Å²) in [5.41, 5.74) is 1.89. The maximum absolute atomic E-state index is 13.8. The molecule has 1 atom stereocenters. The lowest BCUT2D eigenvalue weighted by Gasteiger charge is -2.24. The van der Waals surface area contributed by atoms with Crippen LogP contribution in [0.5, 0.6) is 11.5 Å². The standard InChI is InChI=1S/C28H26N2O7S/c1-6-14-37-27(33)22-16(2)29-28-30(23(22)17-10-12-18(13-11-17)26(32)36-5)25(31)21(38-28)15-19-8-7-9-20(34-3)24(19)35-4/h6-13,15,23H,1,14H2,2-5H3. The first kappa shape index (κ1) is 26.6. The van der Waals surface area contributed by atoms with Gasteiger partial charge in [-0.1, -0.05) is 48.3 Å². The van der Waals surface area contributed by atoms with Gasteiger partial charge in [-0.25, -0.2) is 14.6 Å². The Morgan fingerprint density at radius 2 is 1.82 bits per heavy atom. The average Bonchev–Trinajstić information content (AvgIpc) is 3.24. The quantitative estimate of drug-likeness (QED) is 0.323. The van der Waals surface area contributed by atoms with Gasteiger partial charge in [0.1, 0.15) is 6.61 Å². The van der Waals surface area contributed by atoms with Crippen molar-refractivity contribution >= 4 is 29.4 Å². The summed E-state index contributed by atoms with van der Waals surface area (Å²) in [6, 6.07) is 11.1. The first-order valence-corrected chi connectivity index (χ1v) is 12.4. The molecule has 0 amide bonds. The molecule has 0 N–H and O–H groups in total. The van der Waals surface area contributed by atoms with Crippen LogP contribution in [0.4, 0.5) is 0 Å². The summed E-state index contributed by atoms with van der Waals surface area (Å²) in [5, 5.41) is 0. The molecule has 0 saturated heterocycles. The highest BCUT2D eigenvalue weighted by Crippen LogP contribution is 2.32. The molecule has 9 nitrogen and oxygen atoms in total. The second kappa shape index (κ2) is 11.3. The number of fused-ring (bicyclic) bond motifs is 1. The van der Waals surface area contributed by atoms with E-state index in [0.717, 1.165) is 0 Å². The highest BCUT2D eigenvalue weighted by atomic mass is 32.1. The van der Waals surface area contributed by atoms with Crippen LogP contribution in [-0.4, -0.2) is 44.4 Å².